The second-order valence-corrected chi connectivity index (χ2v) is 4.95. The van der Waals surface area contributed by atoms with Gasteiger partial charge >= 0.3 is 5.97 Å². The highest BCUT2D eigenvalue weighted by atomic mass is 16.5. The molecule has 0 bridgehead atoms. The third-order valence-corrected chi connectivity index (χ3v) is 3.08. The van der Waals surface area contributed by atoms with E-state index in [2.05, 4.69) is 9.72 Å². The number of nitrogens with zero attached hydrogens (tertiary/aromatic N) is 2. The smallest absolute Gasteiger partial charge is 0.360 e. The Morgan fingerprint density at radius 1 is 1.53 bits per heavy atom. The van der Waals surface area contributed by atoms with Crippen molar-refractivity contribution in [2.45, 2.75) is 39.3 Å². The van der Waals surface area contributed by atoms with Crippen molar-refractivity contribution < 1.29 is 18.7 Å². The number of amides is 1. The minimum Gasteiger partial charge on any atom is -0.464 e. The van der Waals surface area contributed by atoms with E-state index in [9.17, 15) is 9.59 Å². The van der Waals surface area contributed by atoms with Crippen LogP contribution in [0.4, 0.5) is 0 Å². The first-order valence-electron chi connectivity index (χ1n) is 6.36. The van der Waals surface area contributed by atoms with E-state index in [1.807, 2.05) is 13.8 Å². The number of carbonyl (C=O) groups excluding carboxylic acids is 2. The molecule has 1 aliphatic carbocycles. The Balaban J connectivity index is 2.06. The van der Waals surface area contributed by atoms with Gasteiger partial charge < -0.3 is 14.1 Å². The van der Waals surface area contributed by atoms with E-state index < -0.39 is 5.97 Å². The number of esters is 1. The van der Waals surface area contributed by atoms with Gasteiger partial charge in [0, 0.05) is 12.0 Å². The summed E-state index contributed by atoms with van der Waals surface area (Å²) in [5.41, 5.74) is 0.125. The molecule has 104 valence electrons. The highest BCUT2D eigenvalue weighted by Crippen LogP contribution is 2.32. The van der Waals surface area contributed by atoms with Crippen LogP contribution in [0.3, 0.4) is 0 Å². The molecule has 0 atom stereocenters. The Labute approximate surface area is 111 Å². The Morgan fingerprint density at radius 2 is 2.21 bits per heavy atom. The first-order chi connectivity index (χ1) is 9.02. The quantitative estimate of drug-likeness (QED) is 0.757. The maximum Gasteiger partial charge on any atom is 0.360 e. The molecule has 2 rings (SSSR count). The number of rotatable bonds is 5. The number of methoxy groups -OCH3 is 1. The summed E-state index contributed by atoms with van der Waals surface area (Å²) in [6.07, 6.45) is 3.17. The van der Waals surface area contributed by atoms with Crippen molar-refractivity contribution in [3.8, 4) is 0 Å². The molecule has 6 nitrogen and oxygen atoms in total. The zero-order valence-corrected chi connectivity index (χ0v) is 11.4. The zero-order valence-electron chi connectivity index (χ0n) is 11.4. The van der Waals surface area contributed by atoms with Crippen LogP contribution in [0.1, 0.15) is 43.1 Å². The van der Waals surface area contributed by atoms with Gasteiger partial charge in [-0.15, -0.1) is 0 Å². The summed E-state index contributed by atoms with van der Waals surface area (Å²) in [4.78, 5) is 29.1. The van der Waals surface area contributed by atoms with Gasteiger partial charge in [0.2, 0.25) is 11.8 Å². The van der Waals surface area contributed by atoms with E-state index in [-0.39, 0.29) is 30.1 Å². The van der Waals surface area contributed by atoms with Crippen molar-refractivity contribution in [1.82, 2.24) is 9.88 Å². The number of oxazole rings is 1. The predicted molar refractivity (Wildman–Crippen MR) is 66.3 cm³/mol. The largest absolute Gasteiger partial charge is 0.464 e. The maximum absolute atomic E-state index is 12.1. The van der Waals surface area contributed by atoms with Gasteiger partial charge in [0.1, 0.15) is 6.26 Å². The molecule has 0 saturated heterocycles. The molecule has 6 heteroatoms. The maximum atomic E-state index is 12.1. The van der Waals surface area contributed by atoms with Gasteiger partial charge in [-0.2, -0.15) is 0 Å². The topological polar surface area (TPSA) is 72.6 Å². The van der Waals surface area contributed by atoms with Crippen LogP contribution in [0.15, 0.2) is 10.7 Å². The Bertz CT molecular complexity index is 477. The van der Waals surface area contributed by atoms with E-state index in [1.165, 1.54) is 13.4 Å². The molecular weight excluding hydrogens is 248 g/mol. The molecule has 1 heterocycles. The molecule has 1 saturated carbocycles. The number of aromatic nitrogens is 1. The predicted octanol–water partition coefficient (Wildman–Crippen LogP) is 1.61. The van der Waals surface area contributed by atoms with Gasteiger partial charge in [0.25, 0.3) is 0 Å². The molecular formula is C13H18N2O4. The molecule has 1 aromatic rings. The fourth-order valence-electron chi connectivity index (χ4n) is 1.81. The van der Waals surface area contributed by atoms with Gasteiger partial charge in [0.15, 0.2) is 5.69 Å². The van der Waals surface area contributed by atoms with Gasteiger partial charge in [-0.05, 0) is 26.7 Å². The Morgan fingerprint density at radius 3 is 2.74 bits per heavy atom. The van der Waals surface area contributed by atoms with Crippen molar-refractivity contribution in [3.63, 3.8) is 0 Å². The first kappa shape index (κ1) is 13.6. The van der Waals surface area contributed by atoms with Gasteiger partial charge in [-0.3, -0.25) is 4.79 Å². The van der Waals surface area contributed by atoms with Crippen LogP contribution in [0.2, 0.25) is 0 Å². The highest BCUT2D eigenvalue weighted by molar-refractivity contribution is 5.86. The van der Waals surface area contributed by atoms with Crippen molar-refractivity contribution in [2.24, 2.45) is 5.92 Å². The Hall–Kier alpha value is -1.85. The molecule has 1 aliphatic rings. The van der Waals surface area contributed by atoms with Crippen LogP contribution in [0.5, 0.6) is 0 Å². The van der Waals surface area contributed by atoms with Crippen LogP contribution < -0.4 is 0 Å². The summed E-state index contributed by atoms with van der Waals surface area (Å²) in [6, 6.07) is 0.0709. The second kappa shape index (κ2) is 5.42. The van der Waals surface area contributed by atoms with E-state index >= 15 is 0 Å². The molecule has 0 aromatic carbocycles. The van der Waals surface area contributed by atoms with Crippen LogP contribution in [0.25, 0.3) is 0 Å². The average molecular weight is 266 g/mol. The van der Waals surface area contributed by atoms with Crippen LogP contribution in [-0.4, -0.2) is 34.9 Å². The third-order valence-electron chi connectivity index (χ3n) is 3.08. The number of ether oxygens (including phenoxy) is 1. The SMILES string of the molecule is COC(=O)c1coc(CN(C(=O)C2CC2)C(C)C)n1. The van der Waals surface area contributed by atoms with E-state index in [4.69, 9.17) is 4.42 Å². The molecule has 19 heavy (non-hydrogen) atoms. The summed E-state index contributed by atoms with van der Waals surface area (Å²) >= 11 is 0. The summed E-state index contributed by atoms with van der Waals surface area (Å²) in [5, 5.41) is 0. The van der Waals surface area contributed by atoms with Gasteiger partial charge in [0.05, 0.1) is 13.7 Å². The zero-order chi connectivity index (χ0) is 14.0. The molecule has 0 aliphatic heterocycles. The van der Waals surface area contributed by atoms with Crippen LogP contribution in [0, 0.1) is 5.92 Å². The standard InChI is InChI=1S/C13H18N2O4/c1-8(2)15(12(16)9-4-5-9)6-11-14-10(7-19-11)13(17)18-3/h7-9H,4-6H2,1-3H3. The molecule has 1 amide bonds. The number of carbonyl (C=O) groups is 2. The normalized spacial score (nSPS) is 14.5. The fraction of sp³-hybridized carbons (Fsp3) is 0.615. The molecule has 1 fully saturated rings. The van der Waals surface area contributed by atoms with Crippen LogP contribution >= 0.6 is 0 Å². The number of hydrogen-bond donors (Lipinski definition) is 0. The second-order valence-electron chi connectivity index (χ2n) is 4.95. The molecule has 0 N–H and O–H groups in total. The van der Waals surface area contributed by atoms with Crippen molar-refractivity contribution in [1.29, 1.82) is 0 Å². The molecule has 1 aromatic heterocycles. The number of hydrogen-bond acceptors (Lipinski definition) is 5. The fourth-order valence-corrected chi connectivity index (χ4v) is 1.81. The monoisotopic (exact) mass is 266 g/mol. The van der Waals surface area contributed by atoms with Gasteiger partial charge in [-0.1, -0.05) is 0 Å². The summed E-state index contributed by atoms with van der Waals surface area (Å²) in [7, 11) is 1.29. The summed E-state index contributed by atoms with van der Waals surface area (Å²) in [6.45, 7) is 4.18. The molecule has 0 spiro atoms. The Kier molecular flexibility index (Phi) is 3.87. The lowest BCUT2D eigenvalue weighted by molar-refractivity contribution is -0.135. The lowest BCUT2D eigenvalue weighted by Gasteiger charge is -2.25. The van der Waals surface area contributed by atoms with E-state index in [0.717, 1.165) is 12.8 Å². The lowest BCUT2D eigenvalue weighted by Crippen LogP contribution is -2.37. The molecule has 0 unspecified atom stereocenters. The summed E-state index contributed by atoms with van der Waals surface area (Å²) in [5.74, 6) is 0.0907. The molecule has 0 radical (unpaired) electrons. The van der Waals surface area contributed by atoms with E-state index in [0.29, 0.717) is 5.89 Å². The van der Waals surface area contributed by atoms with Crippen molar-refractivity contribution in [3.05, 3.63) is 17.8 Å². The van der Waals surface area contributed by atoms with E-state index in [1.54, 1.807) is 4.90 Å². The minimum atomic E-state index is -0.542. The van der Waals surface area contributed by atoms with Gasteiger partial charge in [-0.25, -0.2) is 9.78 Å². The average Bonchev–Trinajstić information content (AvgIpc) is 3.13. The first-order valence-corrected chi connectivity index (χ1v) is 6.36. The summed E-state index contributed by atoms with van der Waals surface area (Å²) < 4.78 is 9.77. The highest BCUT2D eigenvalue weighted by Gasteiger charge is 2.35. The third kappa shape index (κ3) is 3.13. The minimum absolute atomic E-state index is 0.0709. The van der Waals surface area contributed by atoms with Crippen molar-refractivity contribution in [2.75, 3.05) is 7.11 Å². The lowest BCUT2D eigenvalue weighted by atomic mass is 10.2. The van der Waals surface area contributed by atoms with Crippen LogP contribution in [-0.2, 0) is 16.1 Å². The van der Waals surface area contributed by atoms with Crippen molar-refractivity contribution >= 4 is 11.9 Å².